The van der Waals surface area contributed by atoms with E-state index in [2.05, 4.69) is 13.8 Å². The lowest BCUT2D eigenvalue weighted by Gasteiger charge is -2.41. The summed E-state index contributed by atoms with van der Waals surface area (Å²) >= 11 is 0. The van der Waals surface area contributed by atoms with Crippen molar-refractivity contribution in [1.82, 2.24) is 14.7 Å². The van der Waals surface area contributed by atoms with Gasteiger partial charge in [-0.15, -0.1) is 0 Å². The first kappa shape index (κ1) is 42.6. The molecule has 8 atom stereocenters. The second kappa shape index (κ2) is 21.0. The average Bonchev–Trinajstić information content (AvgIpc) is 3.63. The summed E-state index contributed by atoms with van der Waals surface area (Å²) in [5, 5.41) is 10.1. The maximum Gasteiger partial charge on any atom is 0.226 e. The summed E-state index contributed by atoms with van der Waals surface area (Å²) in [7, 11) is 4.95. The van der Waals surface area contributed by atoms with E-state index >= 15 is 0 Å². The second-order valence-electron chi connectivity index (χ2n) is 15.0. The first-order chi connectivity index (χ1) is 24.4. The van der Waals surface area contributed by atoms with E-state index in [0.717, 1.165) is 18.4 Å². The molecule has 2 saturated heterocycles. The van der Waals surface area contributed by atoms with E-state index < -0.39 is 30.1 Å². The van der Waals surface area contributed by atoms with Crippen LogP contribution in [0.15, 0.2) is 30.3 Å². The molecule has 1 aromatic carbocycles. The standard InChI is InChI=1S/C40H65N3O8/c1-9-28(4)38(41(6)40(48)32(27(2)3)24-36(46)42-18-20-51-21-19-42)35(49-7)25-37(47)43-17-13-16-33(43)39(50-8)29(5)34(45)23-31(26-44)22-30-14-11-10-12-15-30/h10-12,14-15,27-29,31-33,35,38-39,44H,9,13,16-26H2,1-8H3/t28-,29-,31+,32-,33-,35+,38-,39+/m0/s1. The van der Waals surface area contributed by atoms with Gasteiger partial charge >= 0.3 is 0 Å². The van der Waals surface area contributed by atoms with Crippen LogP contribution in [0.5, 0.6) is 0 Å². The Hall–Kier alpha value is -2.86. The number of ether oxygens (including phenoxy) is 3. The number of Topliss-reactive ketones (excluding diaryl/α,β-unsaturated/α-hetero) is 1. The molecule has 3 rings (SSSR count). The van der Waals surface area contributed by atoms with E-state index in [9.17, 15) is 24.3 Å². The van der Waals surface area contributed by atoms with Crippen LogP contribution < -0.4 is 0 Å². The lowest BCUT2D eigenvalue weighted by atomic mass is 9.85. The zero-order chi connectivity index (χ0) is 37.7. The molecule has 1 aromatic rings. The molecule has 0 unspecified atom stereocenters. The molecule has 1 N–H and O–H groups in total. The Morgan fingerprint density at radius 2 is 1.61 bits per heavy atom. The normalized spacial score (nSPS) is 20.7. The van der Waals surface area contributed by atoms with Gasteiger partial charge in [0.2, 0.25) is 17.7 Å². The first-order valence-electron chi connectivity index (χ1n) is 19.0. The Morgan fingerprint density at radius 1 is 0.941 bits per heavy atom. The number of likely N-dealkylation sites (tertiary alicyclic amines) is 1. The lowest BCUT2D eigenvalue weighted by molar-refractivity contribution is -0.150. The van der Waals surface area contributed by atoms with E-state index in [1.807, 2.05) is 56.0 Å². The number of hydrogen-bond donors (Lipinski definition) is 1. The highest BCUT2D eigenvalue weighted by atomic mass is 16.5. The van der Waals surface area contributed by atoms with Gasteiger partial charge in [0.05, 0.1) is 43.9 Å². The topological polar surface area (TPSA) is 126 Å². The second-order valence-corrected chi connectivity index (χ2v) is 15.0. The van der Waals surface area contributed by atoms with Crippen LogP contribution in [-0.2, 0) is 39.8 Å². The highest BCUT2D eigenvalue weighted by molar-refractivity contribution is 5.86. The van der Waals surface area contributed by atoms with Crippen molar-refractivity contribution >= 4 is 23.5 Å². The van der Waals surface area contributed by atoms with Crippen molar-refractivity contribution in [2.75, 3.05) is 60.7 Å². The minimum absolute atomic E-state index is 0.00896. The van der Waals surface area contributed by atoms with E-state index in [1.54, 1.807) is 31.1 Å². The molecule has 0 bridgehead atoms. The molecule has 2 aliphatic rings. The summed E-state index contributed by atoms with van der Waals surface area (Å²) < 4.78 is 17.4. The van der Waals surface area contributed by atoms with Crippen LogP contribution in [-0.4, -0.2) is 128 Å². The smallest absolute Gasteiger partial charge is 0.226 e. The monoisotopic (exact) mass is 715 g/mol. The van der Waals surface area contributed by atoms with Crippen molar-refractivity contribution in [2.45, 2.75) is 104 Å². The molecule has 2 aliphatic heterocycles. The average molecular weight is 716 g/mol. The first-order valence-corrected chi connectivity index (χ1v) is 19.0. The molecule has 0 saturated carbocycles. The van der Waals surface area contributed by atoms with Gasteiger partial charge in [0.15, 0.2) is 0 Å². The number of aliphatic hydroxyl groups excluding tert-OH is 1. The number of rotatable bonds is 20. The fourth-order valence-electron chi connectivity index (χ4n) is 7.96. The Bertz CT molecular complexity index is 1240. The summed E-state index contributed by atoms with van der Waals surface area (Å²) in [6.07, 6.45) is 2.24. The fourth-order valence-corrected chi connectivity index (χ4v) is 7.96. The van der Waals surface area contributed by atoms with Crippen LogP contribution in [0.2, 0.25) is 0 Å². The zero-order valence-corrected chi connectivity index (χ0v) is 32.4. The minimum Gasteiger partial charge on any atom is -0.396 e. The van der Waals surface area contributed by atoms with E-state index in [-0.39, 0.29) is 73.2 Å². The van der Waals surface area contributed by atoms with Crippen LogP contribution in [0.1, 0.15) is 78.7 Å². The number of aliphatic hydroxyl groups is 1. The largest absolute Gasteiger partial charge is 0.396 e. The van der Waals surface area contributed by atoms with Gasteiger partial charge in [-0.3, -0.25) is 19.2 Å². The van der Waals surface area contributed by atoms with Crippen LogP contribution in [0.25, 0.3) is 0 Å². The van der Waals surface area contributed by atoms with Gasteiger partial charge in [0.25, 0.3) is 0 Å². The van der Waals surface area contributed by atoms with Crippen LogP contribution in [0.3, 0.4) is 0 Å². The molecular weight excluding hydrogens is 650 g/mol. The van der Waals surface area contributed by atoms with E-state index in [1.165, 1.54) is 0 Å². The van der Waals surface area contributed by atoms with Crippen LogP contribution in [0.4, 0.5) is 0 Å². The van der Waals surface area contributed by atoms with Gasteiger partial charge < -0.3 is 34.0 Å². The number of amides is 3. The SMILES string of the molecule is CC[C@H](C)[C@@H]([C@@H](CC(=O)N1CCC[C@H]1[C@H](OC)[C@@H](C)C(=O)C[C@H](CO)Cc1ccccc1)OC)N(C)C(=O)[C@@H](CC(=O)N1CCOCC1)C(C)C. The lowest BCUT2D eigenvalue weighted by Crippen LogP contribution is -2.54. The Morgan fingerprint density at radius 3 is 2.18 bits per heavy atom. The molecule has 11 nitrogen and oxygen atoms in total. The van der Waals surface area contributed by atoms with E-state index in [0.29, 0.717) is 45.7 Å². The number of methoxy groups -OCH3 is 2. The molecule has 11 heteroatoms. The summed E-state index contributed by atoms with van der Waals surface area (Å²) in [5.74, 6) is -1.46. The summed E-state index contributed by atoms with van der Waals surface area (Å²) in [5.41, 5.74) is 1.07. The third-order valence-electron chi connectivity index (χ3n) is 11.3. The molecule has 2 heterocycles. The van der Waals surface area contributed by atoms with Crippen molar-refractivity contribution in [3.63, 3.8) is 0 Å². The molecule has 51 heavy (non-hydrogen) atoms. The molecule has 288 valence electrons. The van der Waals surface area contributed by atoms with Crippen LogP contribution >= 0.6 is 0 Å². The Labute approximate surface area is 306 Å². The predicted molar refractivity (Wildman–Crippen MR) is 197 cm³/mol. The third-order valence-corrected chi connectivity index (χ3v) is 11.3. The number of morpholine rings is 1. The molecule has 0 radical (unpaired) electrons. The predicted octanol–water partition coefficient (Wildman–Crippen LogP) is 4.24. The number of likely N-dealkylation sites (N-methyl/N-ethyl adjacent to an activating group) is 1. The van der Waals surface area contributed by atoms with Crippen molar-refractivity contribution in [1.29, 1.82) is 0 Å². The van der Waals surface area contributed by atoms with Gasteiger partial charge in [0, 0.05) is 72.2 Å². The van der Waals surface area contributed by atoms with Gasteiger partial charge in [-0.1, -0.05) is 71.4 Å². The number of carbonyl (C=O) groups excluding carboxylic acids is 4. The van der Waals surface area contributed by atoms with Crippen molar-refractivity contribution in [2.24, 2.45) is 29.6 Å². The third kappa shape index (κ3) is 11.6. The Balaban J connectivity index is 1.73. The Kier molecular flexibility index (Phi) is 17.5. The molecule has 0 spiro atoms. The highest BCUT2D eigenvalue weighted by Gasteiger charge is 2.43. The maximum absolute atomic E-state index is 14.2. The van der Waals surface area contributed by atoms with Crippen molar-refractivity contribution < 1.29 is 38.5 Å². The number of carbonyl (C=O) groups is 4. The van der Waals surface area contributed by atoms with Gasteiger partial charge in [-0.25, -0.2) is 0 Å². The number of hydrogen-bond acceptors (Lipinski definition) is 8. The number of benzene rings is 1. The summed E-state index contributed by atoms with van der Waals surface area (Å²) in [6, 6.07) is 9.18. The number of nitrogens with zero attached hydrogens (tertiary/aromatic N) is 3. The summed E-state index contributed by atoms with van der Waals surface area (Å²) in [4.78, 5) is 60.4. The quantitative estimate of drug-likeness (QED) is 0.213. The van der Waals surface area contributed by atoms with Crippen molar-refractivity contribution in [3.05, 3.63) is 35.9 Å². The molecular formula is C40H65N3O8. The van der Waals surface area contributed by atoms with Crippen LogP contribution in [0, 0.1) is 29.6 Å². The van der Waals surface area contributed by atoms with Gasteiger partial charge in [0.1, 0.15) is 5.78 Å². The molecule has 3 amide bonds. The molecule has 2 fully saturated rings. The highest BCUT2D eigenvalue weighted by Crippen LogP contribution is 2.31. The fraction of sp³-hybridized carbons (Fsp3) is 0.750. The molecule has 0 aromatic heterocycles. The molecule has 0 aliphatic carbocycles. The van der Waals surface area contributed by atoms with Gasteiger partial charge in [-0.2, -0.15) is 0 Å². The van der Waals surface area contributed by atoms with E-state index in [4.69, 9.17) is 14.2 Å². The zero-order valence-electron chi connectivity index (χ0n) is 32.4. The maximum atomic E-state index is 14.2. The van der Waals surface area contributed by atoms with Gasteiger partial charge in [-0.05, 0) is 42.6 Å². The number of ketones is 1. The summed E-state index contributed by atoms with van der Waals surface area (Å²) in [6.45, 7) is 12.5. The van der Waals surface area contributed by atoms with Crippen molar-refractivity contribution in [3.8, 4) is 0 Å². The minimum atomic E-state index is -0.575.